The molecule has 0 saturated carbocycles. The van der Waals surface area contributed by atoms with E-state index in [1.165, 1.54) is 20.3 Å². The van der Waals surface area contributed by atoms with Crippen molar-refractivity contribution in [3.05, 3.63) is 35.9 Å². The van der Waals surface area contributed by atoms with Gasteiger partial charge in [0.1, 0.15) is 11.5 Å². The molecule has 2 amide bonds. The van der Waals surface area contributed by atoms with E-state index >= 15 is 0 Å². The molecule has 0 aliphatic rings. The van der Waals surface area contributed by atoms with Crippen LogP contribution in [0, 0.1) is 0 Å². The van der Waals surface area contributed by atoms with E-state index < -0.39 is 17.4 Å². The molecule has 0 aliphatic heterocycles. The summed E-state index contributed by atoms with van der Waals surface area (Å²) in [6.45, 7) is 0. The Labute approximate surface area is 126 Å². The Hall–Kier alpha value is -2.80. The van der Waals surface area contributed by atoms with Gasteiger partial charge >= 0.3 is 0 Å². The molecular weight excluding hydrogens is 288 g/mol. The summed E-state index contributed by atoms with van der Waals surface area (Å²) in [6, 6.07) is 8.19. The lowest BCUT2D eigenvalue weighted by Gasteiger charge is -2.25. The van der Waals surface area contributed by atoms with Crippen molar-refractivity contribution in [2.45, 2.75) is 5.60 Å². The van der Waals surface area contributed by atoms with Crippen LogP contribution < -0.4 is 20.9 Å². The van der Waals surface area contributed by atoms with Gasteiger partial charge in [0, 0.05) is 0 Å². The molecule has 7 heteroatoms. The van der Waals surface area contributed by atoms with Gasteiger partial charge in [-0.25, -0.2) is 0 Å². The van der Waals surface area contributed by atoms with Crippen LogP contribution in [0.1, 0.15) is 5.56 Å². The molecule has 0 unspecified atom stereocenters. The second kappa shape index (κ2) is 5.53. The second-order valence-corrected chi connectivity index (χ2v) is 4.67. The van der Waals surface area contributed by atoms with Crippen LogP contribution in [0.4, 0.5) is 0 Å². The smallest absolute Gasteiger partial charge is 0.264 e. The van der Waals surface area contributed by atoms with E-state index in [2.05, 4.69) is 0 Å². The van der Waals surface area contributed by atoms with E-state index in [4.69, 9.17) is 20.9 Å². The number of methoxy groups -OCH3 is 2. The van der Waals surface area contributed by atoms with E-state index in [0.717, 1.165) is 0 Å². The molecule has 2 aromatic rings. The van der Waals surface area contributed by atoms with Crippen LogP contribution in [0.2, 0.25) is 0 Å². The van der Waals surface area contributed by atoms with Crippen molar-refractivity contribution in [2.75, 3.05) is 14.2 Å². The number of primary amides is 2. The van der Waals surface area contributed by atoms with Gasteiger partial charge in [0.25, 0.3) is 17.4 Å². The predicted octanol–water partition coefficient (Wildman–Crippen LogP) is 0.0152. The fourth-order valence-electron chi connectivity index (χ4n) is 2.32. The number of rotatable bonds is 5. The van der Waals surface area contributed by atoms with Gasteiger partial charge in [0.2, 0.25) is 0 Å². The highest BCUT2D eigenvalue weighted by Gasteiger charge is 2.46. The van der Waals surface area contributed by atoms with Gasteiger partial charge in [-0.2, -0.15) is 0 Å². The number of carbonyl (C=O) groups is 2. The fourth-order valence-corrected chi connectivity index (χ4v) is 2.32. The zero-order chi connectivity index (χ0) is 16.5. The molecule has 0 aliphatic carbocycles. The lowest BCUT2D eigenvalue weighted by molar-refractivity contribution is -0.150. The van der Waals surface area contributed by atoms with E-state index in [1.807, 2.05) is 0 Å². The molecule has 22 heavy (non-hydrogen) atoms. The summed E-state index contributed by atoms with van der Waals surface area (Å²) in [4.78, 5) is 23.4. The van der Waals surface area contributed by atoms with Crippen molar-refractivity contribution in [2.24, 2.45) is 11.5 Å². The van der Waals surface area contributed by atoms with Crippen molar-refractivity contribution in [1.29, 1.82) is 0 Å². The van der Waals surface area contributed by atoms with Crippen LogP contribution in [0.5, 0.6) is 11.5 Å². The van der Waals surface area contributed by atoms with Gasteiger partial charge < -0.3 is 26.0 Å². The molecule has 2 aromatic carbocycles. The molecule has 5 N–H and O–H groups in total. The highest BCUT2D eigenvalue weighted by atomic mass is 16.5. The highest BCUT2D eigenvalue weighted by Crippen LogP contribution is 2.38. The van der Waals surface area contributed by atoms with Gasteiger partial charge in [0.15, 0.2) is 0 Å². The summed E-state index contributed by atoms with van der Waals surface area (Å²) in [7, 11) is 2.81. The van der Waals surface area contributed by atoms with Crippen molar-refractivity contribution in [3.8, 4) is 11.5 Å². The summed E-state index contributed by atoms with van der Waals surface area (Å²) < 4.78 is 10.3. The minimum atomic E-state index is -2.70. The van der Waals surface area contributed by atoms with Crippen molar-refractivity contribution in [3.63, 3.8) is 0 Å². The monoisotopic (exact) mass is 304 g/mol. The predicted molar refractivity (Wildman–Crippen MR) is 79.3 cm³/mol. The third kappa shape index (κ3) is 2.21. The molecule has 0 fully saturated rings. The highest BCUT2D eigenvalue weighted by molar-refractivity contribution is 6.11. The number of fused-ring (bicyclic) bond motifs is 1. The average Bonchev–Trinajstić information content (AvgIpc) is 2.51. The third-order valence-corrected chi connectivity index (χ3v) is 3.49. The first kappa shape index (κ1) is 15.6. The molecule has 0 atom stereocenters. The Balaban J connectivity index is 2.95. The van der Waals surface area contributed by atoms with Gasteiger partial charge in [-0.05, 0) is 29.0 Å². The van der Waals surface area contributed by atoms with Crippen LogP contribution in [-0.4, -0.2) is 31.1 Å². The SMILES string of the molecule is COc1ccc2ccc(OC)c(C(O)(C(N)=O)C(N)=O)c2c1. The first-order valence-electron chi connectivity index (χ1n) is 6.33. The minimum Gasteiger partial charge on any atom is -0.497 e. The van der Waals surface area contributed by atoms with E-state index in [9.17, 15) is 14.7 Å². The number of nitrogens with two attached hydrogens (primary N) is 2. The number of aliphatic hydroxyl groups is 1. The minimum absolute atomic E-state index is 0.105. The van der Waals surface area contributed by atoms with E-state index in [-0.39, 0.29) is 11.3 Å². The summed E-state index contributed by atoms with van der Waals surface area (Å²) >= 11 is 0. The molecule has 2 rings (SSSR count). The number of hydrogen-bond donors (Lipinski definition) is 3. The maximum atomic E-state index is 11.7. The quantitative estimate of drug-likeness (QED) is 0.671. The zero-order valence-corrected chi connectivity index (χ0v) is 12.1. The van der Waals surface area contributed by atoms with E-state index in [1.54, 1.807) is 24.3 Å². The second-order valence-electron chi connectivity index (χ2n) is 4.67. The summed E-state index contributed by atoms with van der Waals surface area (Å²) in [5.41, 5.74) is 7.62. The van der Waals surface area contributed by atoms with Crippen molar-refractivity contribution < 1.29 is 24.2 Å². The Morgan fingerprint density at radius 3 is 2.14 bits per heavy atom. The molecule has 0 aromatic heterocycles. The first-order valence-corrected chi connectivity index (χ1v) is 6.33. The van der Waals surface area contributed by atoms with Gasteiger partial charge in [-0.3, -0.25) is 9.59 Å². The van der Waals surface area contributed by atoms with Crippen LogP contribution in [0.3, 0.4) is 0 Å². The van der Waals surface area contributed by atoms with Gasteiger partial charge in [-0.15, -0.1) is 0 Å². The molecule has 0 radical (unpaired) electrons. The number of amides is 2. The fraction of sp³-hybridized carbons (Fsp3) is 0.200. The number of hydrogen-bond acceptors (Lipinski definition) is 5. The van der Waals surface area contributed by atoms with Crippen LogP contribution in [-0.2, 0) is 15.2 Å². The van der Waals surface area contributed by atoms with E-state index in [0.29, 0.717) is 16.5 Å². The van der Waals surface area contributed by atoms with Crippen LogP contribution in [0.15, 0.2) is 30.3 Å². The molecule has 0 saturated heterocycles. The topological polar surface area (TPSA) is 125 Å². The summed E-state index contributed by atoms with van der Waals surface area (Å²) in [6.07, 6.45) is 0. The molecule has 0 spiro atoms. The Kier molecular flexibility index (Phi) is 3.92. The maximum Gasteiger partial charge on any atom is 0.264 e. The molecular formula is C15H16N2O5. The largest absolute Gasteiger partial charge is 0.497 e. The lowest BCUT2D eigenvalue weighted by atomic mass is 9.87. The first-order chi connectivity index (χ1) is 10.4. The van der Waals surface area contributed by atoms with Gasteiger partial charge in [-0.1, -0.05) is 12.1 Å². The molecule has 0 heterocycles. The number of ether oxygens (including phenoxy) is 2. The summed E-state index contributed by atoms with van der Waals surface area (Å²) in [5.74, 6) is -1.98. The van der Waals surface area contributed by atoms with Crippen LogP contribution >= 0.6 is 0 Å². The van der Waals surface area contributed by atoms with Crippen LogP contribution in [0.25, 0.3) is 10.8 Å². The van der Waals surface area contributed by atoms with Crippen molar-refractivity contribution in [1.82, 2.24) is 0 Å². The maximum absolute atomic E-state index is 11.7. The summed E-state index contributed by atoms with van der Waals surface area (Å²) in [5, 5.41) is 11.6. The average molecular weight is 304 g/mol. The third-order valence-electron chi connectivity index (χ3n) is 3.49. The number of carbonyl (C=O) groups excluding carboxylic acids is 2. The molecule has 116 valence electrons. The molecule has 7 nitrogen and oxygen atoms in total. The Bertz CT molecular complexity index is 738. The normalized spacial score (nSPS) is 11.2. The standard InChI is InChI=1S/C15H16N2O5/c1-21-9-5-3-8-4-6-11(22-2)12(10(8)7-9)15(20,13(16)18)14(17)19/h3-7,20H,1-2H3,(H2,16,18)(H2,17,19). The van der Waals surface area contributed by atoms with Gasteiger partial charge in [0.05, 0.1) is 19.8 Å². The zero-order valence-electron chi connectivity index (χ0n) is 12.1. The Morgan fingerprint density at radius 2 is 1.64 bits per heavy atom. The molecule has 0 bridgehead atoms. The Morgan fingerprint density at radius 1 is 1.05 bits per heavy atom. The number of benzene rings is 2. The van der Waals surface area contributed by atoms with Crippen molar-refractivity contribution >= 4 is 22.6 Å². The lowest BCUT2D eigenvalue weighted by Crippen LogP contribution is -2.51.